The zero-order chi connectivity index (χ0) is 12.3. The van der Waals surface area contributed by atoms with Gasteiger partial charge in [0.15, 0.2) is 0 Å². The molecule has 96 valence electrons. The van der Waals surface area contributed by atoms with Gasteiger partial charge in [-0.15, -0.1) is 0 Å². The Bertz CT molecular complexity index is 280. The van der Waals surface area contributed by atoms with E-state index in [0.717, 1.165) is 13.0 Å². The molecule has 0 aromatic carbocycles. The Balaban J connectivity index is 2.32. The number of nitrogens with zero attached hydrogens (tertiary/aromatic N) is 1. The molecule has 17 heavy (non-hydrogen) atoms. The van der Waals surface area contributed by atoms with E-state index in [4.69, 9.17) is 9.47 Å². The third kappa shape index (κ3) is 6.36. The van der Waals surface area contributed by atoms with Crippen molar-refractivity contribution in [1.82, 2.24) is 10.3 Å². The van der Waals surface area contributed by atoms with Crippen LogP contribution in [-0.2, 0) is 15.9 Å². The SMILES string of the molecule is CCNC(COCCOC)Cc1cccnc1. The largest absolute Gasteiger partial charge is 0.382 e. The molecule has 1 heterocycles. The number of rotatable bonds is 9. The van der Waals surface area contributed by atoms with E-state index >= 15 is 0 Å². The fraction of sp³-hybridized carbons (Fsp3) is 0.615. The van der Waals surface area contributed by atoms with Crippen LogP contribution in [0.5, 0.6) is 0 Å². The Hall–Kier alpha value is -0.970. The molecule has 0 aliphatic heterocycles. The van der Waals surface area contributed by atoms with Crippen molar-refractivity contribution in [2.24, 2.45) is 0 Å². The number of likely N-dealkylation sites (N-methyl/N-ethyl adjacent to an activating group) is 1. The first-order chi connectivity index (χ1) is 8.36. The Morgan fingerprint density at radius 1 is 1.41 bits per heavy atom. The molecule has 1 atom stereocenters. The normalized spacial score (nSPS) is 12.6. The molecular weight excluding hydrogens is 216 g/mol. The molecule has 0 aliphatic carbocycles. The van der Waals surface area contributed by atoms with Crippen molar-refractivity contribution in [3.05, 3.63) is 30.1 Å². The third-order valence-electron chi connectivity index (χ3n) is 2.45. The molecule has 0 bridgehead atoms. The highest BCUT2D eigenvalue weighted by molar-refractivity contribution is 5.10. The zero-order valence-corrected chi connectivity index (χ0v) is 10.7. The lowest BCUT2D eigenvalue weighted by Gasteiger charge is -2.17. The lowest BCUT2D eigenvalue weighted by Crippen LogP contribution is -2.35. The Morgan fingerprint density at radius 3 is 2.94 bits per heavy atom. The van der Waals surface area contributed by atoms with Crippen molar-refractivity contribution in [3.8, 4) is 0 Å². The van der Waals surface area contributed by atoms with Crippen molar-refractivity contribution in [1.29, 1.82) is 0 Å². The quantitative estimate of drug-likeness (QED) is 0.658. The lowest BCUT2D eigenvalue weighted by molar-refractivity contribution is 0.0589. The monoisotopic (exact) mass is 238 g/mol. The van der Waals surface area contributed by atoms with Crippen LogP contribution in [0.15, 0.2) is 24.5 Å². The maximum absolute atomic E-state index is 5.55. The fourth-order valence-electron chi connectivity index (χ4n) is 1.65. The smallest absolute Gasteiger partial charge is 0.0701 e. The Kier molecular flexibility index (Phi) is 7.54. The average molecular weight is 238 g/mol. The minimum absolute atomic E-state index is 0.334. The molecule has 1 aromatic heterocycles. The second kappa shape index (κ2) is 9.10. The number of pyridine rings is 1. The topological polar surface area (TPSA) is 43.4 Å². The van der Waals surface area contributed by atoms with Gasteiger partial charge in [-0.25, -0.2) is 0 Å². The van der Waals surface area contributed by atoms with Crippen LogP contribution in [0.4, 0.5) is 0 Å². The van der Waals surface area contributed by atoms with Crippen LogP contribution in [0.2, 0.25) is 0 Å². The maximum atomic E-state index is 5.55. The van der Waals surface area contributed by atoms with E-state index in [1.165, 1.54) is 5.56 Å². The molecule has 0 saturated carbocycles. The second-order valence-corrected chi connectivity index (χ2v) is 3.89. The predicted octanol–water partition coefficient (Wildman–Crippen LogP) is 1.27. The summed E-state index contributed by atoms with van der Waals surface area (Å²) in [5.74, 6) is 0. The van der Waals surface area contributed by atoms with Crippen molar-refractivity contribution < 1.29 is 9.47 Å². The summed E-state index contributed by atoms with van der Waals surface area (Å²) in [5, 5.41) is 3.41. The molecule has 0 saturated heterocycles. The number of nitrogens with one attached hydrogen (secondary N) is 1. The standard InChI is InChI=1S/C13H22N2O2/c1-3-15-13(11-17-8-7-16-2)9-12-5-4-6-14-10-12/h4-6,10,13,15H,3,7-9,11H2,1-2H3. The van der Waals surface area contributed by atoms with Crippen LogP contribution < -0.4 is 5.32 Å². The Morgan fingerprint density at radius 2 is 2.29 bits per heavy atom. The zero-order valence-electron chi connectivity index (χ0n) is 10.7. The minimum atomic E-state index is 0.334. The van der Waals surface area contributed by atoms with E-state index in [1.54, 1.807) is 13.3 Å². The van der Waals surface area contributed by atoms with Gasteiger partial charge >= 0.3 is 0 Å². The molecule has 1 N–H and O–H groups in total. The molecule has 0 fully saturated rings. The molecule has 4 nitrogen and oxygen atoms in total. The third-order valence-corrected chi connectivity index (χ3v) is 2.45. The van der Waals surface area contributed by atoms with Crippen LogP contribution in [0.25, 0.3) is 0 Å². The van der Waals surface area contributed by atoms with Crippen molar-refractivity contribution in [2.45, 2.75) is 19.4 Å². The van der Waals surface area contributed by atoms with E-state index in [2.05, 4.69) is 23.3 Å². The van der Waals surface area contributed by atoms with Gasteiger partial charge in [0.25, 0.3) is 0 Å². The number of hydrogen-bond donors (Lipinski definition) is 1. The highest BCUT2D eigenvalue weighted by atomic mass is 16.5. The number of methoxy groups -OCH3 is 1. The maximum Gasteiger partial charge on any atom is 0.0701 e. The van der Waals surface area contributed by atoms with Crippen LogP contribution in [0, 0.1) is 0 Å². The summed E-state index contributed by atoms with van der Waals surface area (Å²) in [5.41, 5.74) is 1.23. The summed E-state index contributed by atoms with van der Waals surface area (Å²) >= 11 is 0. The summed E-state index contributed by atoms with van der Waals surface area (Å²) in [7, 11) is 1.68. The minimum Gasteiger partial charge on any atom is -0.382 e. The Labute approximate surface area is 103 Å². The van der Waals surface area contributed by atoms with Crippen molar-refractivity contribution in [3.63, 3.8) is 0 Å². The number of hydrogen-bond acceptors (Lipinski definition) is 4. The van der Waals surface area contributed by atoms with Crippen LogP contribution in [-0.4, -0.2) is 44.5 Å². The number of aromatic nitrogens is 1. The summed E-state index contributed by atoms with van der Waals surface area (Å²) in [4.78, 5) is 4.12. The van der Waals surface area contributed by atoms with Crippen LogP contribution in [0.3, 0.4) is 0 Å². The average Bonchev–Trinajstić information content (AvgIpc) is 2.36. The highest BCUT2D eigenvalue weighted by Crippen LogP contribution is 2.02. The lowest BCUT2D eigenvalue weighted by atomic mass is 10.1. The molecule has 4 heteroatoms. The molecule has 1 aromatic rings. The van der Waals surface area contributed by atoms with Crippen molar-refractivity contribution >= 4 is 0 Å². The van der Waals surface area contributed by atoms with E-state index in [1.807, 2.05) is 12.3 Å². The van der Waals surface area contributed by atoms with Gasteiger partial charge in [-0.1, -0.05) is 13.0 Å². The van der Waals surface area contributed by atoms with Gasteiger partial charge in [-0.3, -0.25) is 4.98 Å². The van der Waals surface area contributed by atoms with Crippen LogP contribution in [0.1, 0.15) is 12.5 Å². The van der Waals surface area contributed by atoms with Gasteiger partial charge in [0, 0.05) is 25.5 Å². The molecule has 0 aliphatic rings. The first-order valence-corrected chi connectivity index (χ1v) is 6.05. The second-order valence-electron chi connectivity index (χ2n) is 3.89. The van der Waals surface area contributed by atoms with Gasteiger partial charge in [0.2, 0.25) is 0 Å². The van der Waals surface area contributed by atoms with Crippen molar-refractivity contribution in [2.75, 3.05) is 33.5 Å². The molecule has 0 spiro atoms. The first kappa shape index (κ1) is 14.1. The summed E-state index contributed by atoms with van der Waals surface area (Å²) < 4.78 is 10.5. The molecular formula is C13H22N2O2. The van der Waals surface area contributed by atoms with E-state index in [-0.39, 0.29) is 0 Å². The summed E-state index contributed by atoms with van der Waals surface area (Å²) in [6.07, 6.45) is 4.63. The summed E-state index contributed by atoms with van der Waals surface area (Å²) in [6, 6.07) is 4.39. The van der Waals surface area contributed by atoms with E-state index in [9.17, 15) is 0 Å². The molecule has 0 radical (unpaired) electrons. The first-order valence-electron chi connectivity index (χ1n) is 6.05. The molecule has 1 rings (SSSR count). The van der Waals surface area contributed by atoms with Gasteiger partial charge < -0.3 is 14.8 Å². The predicted molar refractivity (Wildman–Crippen MR) is 68.1 cm³/mol. The van der Waals surface area contributed by atoms with Gasteiger partial charge in [-0.2, -0.15) is 0 Å². The van der Waals surface area contributed by atoms with Gasteiger partial charge in [-0.05, 0) is 24.6 Å². The number of ether oxygens (including phenoxy) is 2. The van der Waals surface area contributed by atoms with Gasteiger partial charge in [0.05, 0.1) is 19.8 Å². The fourth-order valence-corrected chi connectivity index (χ4v) is 1.65. The van der Waals surface area contributed by atoms with E-state index < -0.39 is 0 Å². The summed E-state index contributed by atoms with van der Waals surface area (Å²) in [6.45, 7) is 5.03. The van der Waals surface area contributed by atoms with E-state index in [0.29, 0.717) is 25.9 Å². The van der Waals surface area contributed by atoms with Gasteiger partial charge in [0.1, 0.15) is 0 Å². The van der Waals surface area contributed by atoms with Crippen LogP contribution >= 0.6 is 0 Å². The molecule has 1 unspecified atom stereocenters. The molecule has 0 amide bonds. The highest BCUT2D eigenvalue weighted by Gasteiger charge is 2.08.